The van der Waals surface area contributed by atoms with Gasteiger partial charge in [-0.25, -0.2) is 4.39 Å². The molecule has 0 spiro atoms. The molecule has 0 radical (unpaired) electrons. The van der Waals surface area contributed by atoms with E-state index in [0.717, 1.165) is 13.1 Å². The van der Waals surface area contributed by atoms with Crippen molar-refractivity contribution in [2.24, 2.45) is 0 Å². The van der Waals surface area contributed by atoms with Gasteiger partial charge in [0.25, 0.3) is 0 Å². The number of rotatable bonds is 3. The van der Waals surface area contributed by atoms with Gasteiger partial charge in [-0.15, -0.1) is 0 Å². The Labute approximate surface area is 113 Å². The van der Waals surface area contributed by atoms with Gasteiger partial charge in [0, 0.05) is 31.2 Å². The molecule has 2 aliphatic heterocycles. The van der Waals surface area contributed by atoms with E-state index in [1.54, 1.807) is 0 Å². The molecule has 1 unspecified atom stereocenters. The van der Waals surface area contributed by atoms with Crippen molar-refractivity contribution in [1.29, 1.82) is 0 Å². The van der Waals surface area contributed by atoms with Crippen molar-refractivity contribution in [3.05, 3.63) is 29.6 Å². The summed E-state index contributed by atoms with van der Waals surface area (Å²) in [5.41, 5.74) is 0.696. The molecule has 1 atom stereocenters. The maximum Gasteiger partial charge on any atom is 0.123 e. The zero-order valence-electron chi connectivity index (χ0n) is 11.2. The highest BCUT2D eigenvalue weighted by molar-refractivity contribution is 5.32. The van der Waals surface area contributed by atoms with Crippen LogP contribution in [0, 0.1) is 5.82 Å². The lowest BCUT2D eigenvalue weighted by atomic mass is 10.2. The zero-order valence-corrected chi connectivity index (χ0v) is 11.2. The Bertz CT molecular complexity index is 446. The van der Waals surface area contributed by atoms with Crippen LogP contribution in [0.5, 0.6) is 5.75 Å². The van der Waals surface area contributed by atoms with Gasteiger partial charge in [-0.1, -0.05) is 0 Å². The minimum Gasteiger partial charge on any atom is -0.508 e. The number of hydrogen-bond donors (Lipinski definition) is 1. The smallest absolute Gasteiger partial charge is 0.123 e. The normalized spacial score (nSPS) is 25.2. The predicted octanol–water partition coefficient (Wildman–Crippen LogP) is 2.20. The number of hydrogen-bond acceptors (Lipinski definition) is 3. The number of aromatic hydroxyl groups is 1. The van der Waals surface area contributed by atoms with E-state index in [1.807, 2.05) is 0 Å². The number of nitrogens with zero attached hydrogens (tertiary/aromatic N) is 2. The number of phenols is 1. The van der Waals surface area contributed by atoms with Gasteiger partial charge in [0.15, 0.2) is 0 Å². The van der Waals surface area contributed by atoms with Crippen LogP contribution in [0.2, 0.25) is 0 Å². The molecule has 2 saturated heterocycles. The molecule has 19 heavy (non-hydrogen) atoms. The van der Waals surface area contributed by atoms with E-state index >= 15 is 0 Å². The summed E-state index contributed by atoms with van der Waals surface area (Å²) in [5.74, 6) is -0.0749. The van der Waals surface area contributed by atoms with Gasteiger partial charge < -0.3 is 5.11 Å². The van der Waals surface area contributed by atoms with Crippen molar-refractivity contribution in [2.45, 2.75) is 31.8 Å². The fraction of sp³-hybridized carbons (Fsp3) is 0.600. The van der Waals surface area contributed by atoms with E-state index in [0.29, 0.717) is 18.2 Å². The van der Waals surface area contributed by atoms with Gasteiger partial charge in [-0.05, 0) is 50.6 Å². The molecule has 1 aromatic carbocycles. The Balaban J connectivity index is 1.60. The standard InChI is InChI=1S/C15H21FN2O/c16-13-3-4-15(19)12(9-13)10-17-8-5-14(11-17)18-6-1-2-7-18/h3-4,9,14,19H,1-2,5-8,10-11H2. The first-order chi connectivity index (χ1) is 9.22. The first-order valence-electron chi connectivity index (χ1n) is 7.16. The van der Waals surface area contributed by atoms with Crippen LogP contribution in [0.15, 0.2) is 18.2 Å². The molecular formula is C15H21FN2O. The van der Waals surface area contributed by atoms with Crippen molar-refractivity contribution < 1.29 is 9.50 Å². The molecule has 0 aromatic heterocycles. The summed E-state index contributed by atoms with van der Waals surface area (Å²) in [6.45, 7) is 5.18. The molecule has 1 N–H and O–H groups in total. The van der Waals surface area contributed by atoms with E-state index in [2.05, 4.69) is 9.80 Å². The van der Waals surface area contributed by atoms with Gasteiger partial charge >= 0.3 is 0 Å². The number of phenolic OH excluding ortho intramolecular Hbond substituents is 1. The molecule has 0 saturated carbocycles. The van der Waals surface area contributed by atoms with Crippen LogP contribution >= 0.6 is 0 Å². The molecule has 1 aromatic rings. The van der Waals surface area contributed by atoms with Gasteiger partial charge in [-0.2, -0.15) is 0 Å². The van der Waals surface area contributed by atoms with E-state index in [4.69, 9.17) is 0 Å². The SMILES string of the molecule is Oc1ccc(F)cc1CN1CCC(N2CCCC2)C1. The minimum absolute atomic E-state index is 0.200. The minimum atomic E-state index is -0.275. The lowest BCUT2D eigenvalue weighted by Gasteiger charge is -2.23. The van der Waals surface area contributed by atoms with E-state index in [9.17, 15) is 9.50 Å². The van der Waals surface area contributed by atoms with Crippen LogP contribution in [0.3, 0.4) is 0 Å². The highest BCUT2D eigenvalue weighted by atomic mass is 19.1. The predicted molar refractivity (Wildman–Crippen MR) is 72.6 cm³/mol. The Morgan fingerprint density at radius 3 is 2.79 bits per heavy atom. The Kier molecular flexibility index (Phi) is 3.71. The summed E-state index contributed by atoms with van der Waals surface area (Å²) in [5, 5.41) is 9.77. The second-order valence-electron chi connectivity index (χ2n) is 5.69. The van der Waals surface area contributed by atoms with Crippen molar-refractivity contribution in [3.8, 4) is 5.75 Å². The molecular weight excluding hydrogens is 243 g/mol. The summed E-state index contributed by atoms with van der Waals surface area (Å²) in [6, 6.07) is 4.84. The highest BCUT2D eigenvalue weighted by Crippen LogP contribution is 2.25. The van der Waals surface area contributed by atoms with Gasteiger partial charge in [0.1, 0.15) is 11.6 Å². The van der Waals surface area contributed by atoms with Crippen LogP contribution in [0.4, 0.5) is 4.39 Å². The van der Waals surface area contributed by atoms with Crippen molar-refractivity contribution >= 4 is 0 Å². The summed E-state index contributed by atoms with van der Waals surface area (Å²) < 4.78 is 13.2. The summed E-state index contributed by atoms with van der Waals surface area (Å²) in [7, 11) is 0. The van der Waals surface area contributed by atoms with Gasteiger partial charge in [-0.3, -0.25) is 9.80 Å². The fourth-order valence-electron chi connectivity index (χ4n) is 3.28. The first kappa shape index (κ1) is 12.9. The molecule has 0 amide bonds. The summed E-state index contributed by atoms with van der Waals surface area (Å²) >= 11 is 0. The quantitative estimate of drug-likeness (QED) is 0.906. The van der Waals surface area contributed by atoms with E-state index in [-0.39, 0.29) is 11.6 Å². The second kappa shape index (κ2) is 5.47. The third-order valence-corrected chi connectivity index (χ3v) is 4.34. The average Bonchev–Trinajstić information content (AvgIpc) is 3.04. The topological polar surface area (TPSA) is 26.7 Å². The Hall–Kier alpha value is -1.13. The second-order valence-corrected chi connectivity index (χ2v) is 5.69. The number of halogens is 1. The van der Waals surface area contributed by atoms with Crippen molar-refractivity contribution in [2.75, 3.05) is 26.2 Å². The zero-order chi connectivity index (χ0) is 13.2. The third kappa shape index (κ3) is 2.90. The van der Waals surface area contributed by atoms with Crippen LogP contribution in [-0.4, -0.2) is 47.1 Å². The highest BCUT2D eigenvalue weighted by Gasteiger charge is 2.29. The molecule has 3 nitrogen and oxygen atoms in total. The molecule has 3 rings (SSSR count). The van der Waals surface area contributed by atoms with Crippen LogP contribution in [0.25, 0.3) is 0 Å². The lowest BCUT2D eigenvalue weighted by Crippen LogP contribution is -2.35. The maximum atomic E-state index is 13.2. The van der Waals surface area contributed by atoms with E-state index in [1.165, 1.54) is 50.6 Å². The molecule has 104 valence electrons. The summed E-state index contributed by atoms with van der Waals surface area (Å²) in [6.07, 6.45) is 3.83. The molecule has 0 bridgehead atoms. The maximum absolute atomic E-state index is 13.2. The molecule has 2 fully saturated rings. The van der Waals surface area contributed by atoms with E-state index < -0.39 is 0 Å². The fourth-order valence-corrected chi connectivity index (χ4v) is 3.28. The monoisotopic (exact) mass is 264 g/mol. The molecule has 0 aliphatic carbocycles. The number of likely N-dealkylation sites (tertiary alicyclic amines) is 2. The largest absolute Gasteiger partial charge is 0.508 e. The molecule has 2 aliphatic rings. The Morgan fingerprint density at radius 1 is 1.21 bits per heavy atom. The van der Waals surface area contributed by atoms with Crippen LogP contribution in [-0.2, 0) is 6.54 Å². The lowest BCUT2D eigenvalue weighted by molar-refractivity contribution is 0.229. The molecule has 2 heterocycles. The number of benzene rings is 1. The van der Waals surface area contributed by atoms with Crippen LogP contribution in [0.1, 0.15) is 24.8 Å². The molecule has 4 heteroatoms. The van der Waals surface area contributed by atoms with Crippen molar-refractivity contribution in [1.82, 2.24) is 9.80 Å². The average molecular weight is 264 g/mol. The van der Waals surface area contributed by atoms with Crippen LogP contribution < -0.4 is 0 Å². The summed E-state index contributed by atoms with van der Waals surface area (Å²) in [4.78, 5) is 4.89. The third-order valence-electron chi connectivity index (χ3n) is 4.34. The van der Waals surface area contributed by atoms with Gasteiger partial charge in [0.05, 0.1) is 0 Å². The Morgan fingerprint density at radius 2 is 2.00 bits per heavy atom. The van der Waals surface area contributed by atoms with Crippen molar-refractivity contribution in [3.63, 3.8) is 0 Å². The van der Waals surface area contributed by atoms with Gasteiger partial charge in [0.2, 0.25) is 0 Å². The first-order valence-corrected chi connectivity index (χ1v) is 7.16.